The Bertz CT molecular complexity index is 775. The zero-order valence-electron chi connectivity index (χ0n) is 14.2. The number of aryl methyl sites for hydroxylation is 1. The summed E-state index contributed by atoms with van der Waals surface area (Å²) in [6.07, 6.45) is 5.23. The topological polar surface area (TPSA) is 114 Å². The minimum Gasteiger partial charge on any atom is -0.350 e. The quantitative estimate of drug-likeness (QED) is 0.849. The van der Waals surface area contributed by atoms with Crippen molar-refractivity contribution >= 4 is 11.8 Å². The van der Waals surface area contributed by atoms with Gasteiger partial charge in [-0.2, -0.15) is 0 Å². The Morgan fingerprint density at radius 3 is 2.92 bits per heavy atom. The third kappa shape index (κ3) is 3.98. The summed E-state index contributed by atoms with van der Waals surface area (Å²) in [7, 11) is 0. The Morgan fingerprint density at radius 2 is 2.20 bits per heavy atom. The van der Waals surface area contributed by atoms with Gasteiger partial charge >= 0.3 is 0 Å². The van der Waals surface area contributed by atoms with Gasteiger partial charge in [0.1, 0.15) is 11.4 Å². The molecule has 0 aromatic carbocycles. The first kappa shape index (κ1) is 17.0. The van der Waals surface area contributed by atoms with Crippen molar-refractivity contribution in [2.75, 3.05) is 6.54 Å². The molecule has 0 unspecified atom stereocenters. The summed E-state index contributed by atoms with van der Waals surface area (Å²) in [5.41, 5.74) is 2.52. The first-order valence-electron chi connectivity index (χ1n) is 8.17. The summed E-state index contributed by atoms with van der Waals surface area (Å²) >= 11 is 0. The van der Waals surface area contributed by atoms with E-state index in [2.05, 4.69) is 30.2 Å². The summed E-state index contributed by atoms with van der Waals surface area (Å²) in [6, 6.07) is -0.0375. The lowest BCUT2D eigenvalue weighted by Crippen LogP contribution is -2.29. The molecule has 9 heteroatoms. The van der Waals surface area contributed by atoms with E-state index in [0.29, 0.717) is 17.1 Å². The van der Waals surface area contributed by atoms with Gasteiger partial charge in [-0.05, 0) is 19.8 Å². The van der Waals surface area contributed by atoms with Gasteiger partial charge in [0, 0.05) is 13.5 Å². The van der Waals surface area contributed by atoms with E-state index in [-0.39, 0.29) is 30.8 Å². The third-order valence-electron chi connectivity index (χ3n) is 4.24. The summed E-state index contributed by atoms with van der Waals surface area (Å²) in [4.78, 5) is 34.3. The summed E-state index contributed by atoms with van der Waals surface area (Å²) in [5.74, 6) is -0.156. The van der Waals surface area contributed by atoms with Crippen molar-refractivity contribution in [1.82, 2.24) is 30.5 Å². The average molecular weight is 344 g/mol. The van der Waals surface area contributed by atoms with Gasteiger partial charge in [0.05, 0.1) is 42.8 Å². The number of hydrogen-bond donors (Lipinski definition) is 1. The van der Waals surface area contributed by atoms with E-state index < -0.39 is 0 Å². The minimum absolute atomic E-state index is 0.0375. The lowest BCUT2D eigenvalue weighted by Gasteiger charge is -2.22. The van der Waals surface area contributed by atoms with E-state index in [9.17, 15) is 9.59 Å². The van der Waals surface area contributed by atoms with Crippen LogP contribution in [0.25, 0.3) is 0 Å². The molecule has 2 aromatic rings. The highest BCUT2D eigenvalue weighted by atomic mass is 16.6. The second-order valence-corrected chi connectivity index (χ2v) is 6.06. The van der Waals surface area contributed by atoms with E-state index in [4.69, 9.17) is 0 Å². The molecule has 1 aliphatic rings. The van der Waals surface area contributed by atoms with Crippen LogP contribution in [-0.4, -0.2) is 43.5 Å². The van der Waals surface area contributed by atoms with Crippen molar-refractivity contribution in [1.29, 1.82) is 0 Å². The van der Waals surface area contributed by atoms with Crippen LogP contribution in [-0.2, 0) is 22.6 Å². The van der Waals surface area contributed by atoms with Crippen LogP contribution in [0, 0.1) is 6.92 Å². The van der Waals surface area contributed by atoms with E-state index in [1.54, 1.807) is 26.2 Å². The summed E-state index contributed by atoms with van der Waals surface area (Å²) in [5, 5.41) is 10.1. The fraction of sp³-hybridized carbons (Fsp3) is 0.500. The molecule has 9 nitrogen and oxygen atoms in total. The van der Waals surface area contributed by atoms with Gasteiger partial charge < -0.3 is 10.2 Å². The molecule has 0 spiro atoms. The van der Waals surface area contributed by atoms with Crippen molar-refractivity contribution in [2.45, 2.75) is 45.7 Å². The second-order valence-electron chi connectivity index (χ2n) is 6.06. The fourth-order valence-electron chi connectivity index (χ4n) is 2.93. The number of nitrogens with one attached hydrogen (secondary N) is 1. The summed E-state index contributed by atoms with van der Waals surface area (Å²) in [6.45, 7) is 4.30. The molecule has 1 fully saturated rings. The van der Waals surface area contributed by atoms with Gasteiger partial charge in [0.15, 0.2) is 0 Å². The molecule has 1 atom stereocenters. The smallest absolute Gasteiger partial charge is 0.226 e. The van der Waals surface area contributed by atoms with Crippen LogP contribution in [0.3, 0.4) is 0 Å². The SMILES string of the molecule is CC(=O)N1CCC[C@@H]1c1cncc(CNC(=O)Cc2nonc2C)n1. The Labute approximate surface area is 144 Å². The number of hydrogen-bond acceptors (Lipinski definition) is 7. The van der Waals surface area contributed by atoms with Crippen LogP contribution in [0.15, 0.2) is 17.0 Å². The van der Waals surface area contributed by atoms with Crippen molar-refractivity contribution in [3.05, 3.63) is 35.2 Å². The van der Waals surface area contributed by atoms with Crippen molar-refractivity contribution in [3.63, 3.8) is 0 Å². The standard InChI is InChI=1S/C16H20N6O3/c1-10-13(21-25-20-10)6-16(24)18-8-12-7-17-9-14(19-12)15-4-3-5-22(15)11(2)23/h7,9,15H,3-6,8H2,1-2H3,(H,18,24)/t15-/m1/s1. The first-order valence-corrected chi connectivity index (χ1v) is 8.17. The van der Waals surface area contributed by atoms with Gasteiger partial charge in [-0.3, -0.25) is 19.6 Å². The number of likely N-dealkylation sites (tertiary alicyclic amines) is 1. The molecule has 1 saturated heterocycles. The number of carbonyl (C=O) groups is 2. The monoisotopic (exact) mass is 344 g/mol. The Morgan fingerprint density at radius 1 is 1.36 bits per heavy atom. The normalized spacial score (nSPS) is 16.9. The number of carbonyl (C=O) groups excluding carboxylic acids is 2. The molecule has 3 rings (SSSR count). The molecule has 0 aliphatic carbocycles. The largest absolute Gasteiger partial charge is 0.350 e. The van der Waals surface area contributed by atoms with Crippen molar-refractivity contribution in [2.24, 2.45) is 0 Å². The van der Waals surface area contributed by atoms with Crippen LogP contribution < -0.4 is 5.32 Å². The molecule has 2 aromatic heterocycles. The minimum atomic E-state index is -0.197. The maximum absolute atomic E-state index is 12.0. The van der Waals surface area contributed by atoms with E-state index in [1.165, 1.54) is 0 Å². The first-order chi connectivity index (χ1) is 12.0. The molecule has 25 heavy (non-hydrogen) atoms. The van der Waals surface area contributed by atoms with Crippen LogP contribution in [0.4, 0.5) is 0 Å². The highest BCUT2D eigenvalue weighted by Crippen LogP contribution is 2.30. The molecule has 1 aliphatic heterocycles. The molecular weight excluding hydrogens is 324 g/mol. The molecule has 0 saturated carbocycles. The van der Waals surface area contributed by atoms with Gasteiger partial charge in [-0.25, -0.2) is 4.63 Å². The van der Waals surface area contributed by atoms with E-state index in [1.807, 2.05) is 4.90 Å². The van der Waals surface area contributed by atoms with Gasteiger partial charge in [-0.1, -0.05) is 10.3 Å². The van der Waals surface area contributed by atoms with Crippen LogP contribution in [0.1, 0.15) is 48.6 Å². The molecule has 0 bridgehead atoms. The maximum atomic E-state index is 12.0. The summed E-state index contributed by atoms with van der Waals surface area (Å²) < 4.78 is 4.58. The molecule has 3 heterocycles. The number of amides is 2. The average Bonchev–Trinajstić information content (AvgIpc) is 3.23. The van der Waals surface area contributed by atoms with Crippen LogP contribution in [0.2, 0.25) is 0 Å². The van der Waals surface area contributed by atoms with Gasteiger partial charge in [0.25, 0.3) is 0 Å². The van der Waals surface area contributed by atoms with Crippen molar-refractivity contribution in [3.8, 4) is 0 Å². The molecule has 1 N–H and O–H groups in total. The number of rotatable bonds is 5. The Kier molecular flexibility index (Phi) is 5.01. The zero-order valence-corrected chi connectivity index (χ0v) is 14.2. The predicted molar refractivity (Wildman–Crippen MR) is 86.0 cm³/mol. The molecule has 132 valence electrons. The van der Waals surface area contributed by atoms with Gasteiger partial charge in [0.2, 0.25) is 11.8 Å². The van der Waals surface area contributed by atoms with E-state index >= 15 is 0 Å². The zero-order chi connectivity index (χ0) is 17.8. The molecule has 2 amide bonds. The van der Waals surface area contributed by atoms with E-state index in [0.717, 1.165) is 25.1 Å². The number of nitrogens with zero attached hydrogens (tertiary/aromatic N) is 5. The Balaban J connectivity index is 1.61. The Hall–Kier alpha value is -2.84. The third-order valence-corrected chi connectivity index (χ3v) is 4.24. The highest BCUT2D eigenvalue weighted by molar-refractivity contribution is 5.78. The highest BCUT2D eigenvalue weighted by Gasteiger charge is 2.29. The lowest BCUT2D eigenvalue weighted by atomic mass is 10.1. The predicted octanol–water partition coefficient (Wildman–Crippen LogP) is 0.710. The molecular formula is C16H20N6O3. The van der Waals surface area contributed by atoms with Crippen LogP contribution in [0.5, 0.6) is 0 Å². The lowest BCUT2D eigenvalue weighted by molar-refractivity contribution is -0.129. The van der Waals surface area contributed by atoms with Crippen molar-refractivity contribution < 1.29 is 14.2 Å². The molecule has 0 radical (unpaired) electrons. The fourth-order valence-corrected chi connectivity index (χ4v) is 2.93. The second kappa shape index (κ2) is 7.37. The van der Waals surface area contributed by atoms with Crippen LogP contribution >= 0.6 is 0 Å². The van der Waals surface area contributed by atoms with Gasteiger partial charge in [-0.15, -0.1) is 0 Å². The number of aromatic nitrogens is 4. The maximum Gasteiger partial charge on any atom is 0.226 e.